The first-order valence-electron chi connectivity index (χ1n) is 2.85. The monoisotopic (exact) mass is 154 g/mol. The second-order valence-electron chi connectivity index (χ2n) is 1.97. The van der Waals surface area contributed by atoms with Crippen LogP contribution in [0.3, 0.4) is 0 Å². The topological polar surface area (TPSA) is 63.0 Å². The van der Waals surface area contributed by atoms with Crippen LogP contribution in [0.5, 0.6) is 0 Å². The van der Waals surface area contributed by atoms with E-state index in [9.17, 15) is 9.18 Å². The summed E-state index contributed by atoms with van der Waals surface area (Å²) in [5.41, 5.74) is -0.494. The van der Waals surface area contributed by atoms with Crippen molar-refractivity contribution in [3.8, 4) is 0 Å². The van der Waals surface area contributed by atoms with E-state index in [4.69, 9.17) is 0 Å². The fraction of sp³-hybridized carbons (Fsp3) is 0. The molecule has 5 nitrogen and oxygen atoms in total. The first-order valence-corrected chi connectivity index (χ1v) is 2.85. The molecule has 0 atom stereocenters. The second kappa shape index (κ2) is 1.88. The largest absolute Gasteiger partial charge is 0.349 e. The molecule has 0 aliphatic carbocycles. The standard InChI is InChI=1S/C5H3FN4O/c6-3-1-7-4-8-9-5(11)10(4)2-3/h1-2H,(H,9,11). The molecular weight excluding hydrogens is 151 g/mol. The lowest BCUT2D eigenvalue weighted by Gasteiger charge is -1.87. The lowest BCUT2D eigenvalue weighted by Crippen LogP contribution is -2.09. The molecule has 1 N–H and O–H groups in total. The zero-order valence-corrected chi connectivity index (χ0v) is 5.28. The number of rotatable bonds is 0. The maximum atomic E-state index is 12.4. The highest BCUT2D eigenvalue weighted by Gasteiger charge is 2.00. The van der Waals surface area contributed by atoms with E-state index in [1.165, 1.54) is 0 Å². The molecule has 0 spiro atoms. The van der Waals surface area contributed by atoms with Gasteiger partial charge in [0.05, 0.1) is 12.4 Å². The molecule has 0 saturated heterocycles. The number of hydrogen-bond donors (Lipinski definition) is 1. The van der Waals surface area contributed by atoms with Gasteiger partial charge >= 0.3 is 5.69 Å². The Bertz CT molecular complexity index is 445. The van der Waals surface area contributed by atoms with E-state index in [1.807, 2.05) is 0 Å². The Morgan fingerprint density at radius 1 is 1.64 bits per heavy atom. The molecular formula is C5H3FN4O. The molecule has 0 aromatic carbocycles. The van der Waals surface area contributed by atoms with Gasteiger partial charge in [-0.3, -0.25) is 0 Å². The number of H-pyrrole nitrogens is 1. The molecule has 0 radical (unpaired) electrons. The van der Waals surface area contributed by atoms with Gasteiger partial charge in [-0.25, -0.2) is 23.7 Å². The number of halogens is 1. The van der Waals surface area contributed by atoms with Crippen LogP contribution in [0.15, 0.2) is 17.2 Å². The number of aromatic nitrogens is 4. The molecule has 0 fully saturated rings. The quantitative estimate of drug-likeness (QED) is 0.559. The fourth-order valence-electron chi connectivity index (χ4n) is 0.780. The third kappa shape index (κ3) is 0.794. The van der Waals surface area contributed by atoms with E-state index >= 15 is 0 Å². The molecule has 0 bridgehead atoms. The van der Waals surface area contributed by atoms with E-state index in [0.29, 0.717) is 0 Å². The van der Waals surface area contributed by atoms with Gasteiger partial charge in [0.1, 0.15) is 0 Å². The summed E-state index contributed by atoms with van der Waals surface area (Å²) in [6.07, 6.45) is 2.02. The number of fused-ring (bicyclic) bond motifs is 1. The maximum Gasteiger partial charge on any atom is 0.349 e. The molecule has 0 aliphatic heterocycles. The molecule has 2 aromatic heterocycles. The van der Waals surface area contributed by atoms with Crippen molar-refractivity contribution in [2.75, 3.05) is 0 Å². The number of nitrogens with zero attached hydrogens (tertiary/aromatic N) is 3. The fourth-order valence-corrected chi connectivity index (χ4v) is 0.780. The summed E-state index contributed by atoms with van der Waals surface area (Å²) in [7, 11) is 0. The van der Waals surface area contributed by atoms with Crippen molar-refractivity contribution in [2.24, 2.45) is 0 Å². The van der Waals surface area contributed by atoms with Gasteiger partial charge in [0.15, 0.2) is 5.82 Å². The Labute approximate surface area is 59.5 Å². The Kier molecular flexibility index (Phi) is 1.03. The lowest BCUT2D eigenvalue weighted by molar-refractivity contribution is 0.610. The predicted molar refractivity (Wildman–Crippen MR) is 33.6 cm³/mol. The van der Waals surface area contributed by atoms with Gasteiger partial charge in [-0.1, -0.05) is 0 Å². The average Bonchev–Trinajstić information content (AvgIpc) is 2.33. The van der Waals surface area contributed by atoms with E-state index in [-0.39, 0.29) is 5.78 Å². The zero-order chi connectivity index (χ0) is 7.84. The van der Waals surface area contributed by atoms with Gasteiger partial charge in [0.2, 0.25) is 0 Å². The van der Waals surface area contributed by atoms with Gasteiger partial charge in [0, 0.05) is 0 Å². The van der Waals surface area contributed by atoms with Gasteiger partial charge in [-0.15, -0.1) is 5.10 Å². The molecule has 11 heavy (non-hydrogen) atoms. The molecule has 0 amide bonds. The third-order valence-corrected chi connectivity index (χ3v) is 1.24. The summed E-state index contributed by atoms with van der Waals surface area (Å²) >= 11 is 0. The van der Waals surface area contributed by atoms with E-state index in [1.54, 1.807) is 0 Å². The molecule has 0 saturated carbocycles. The highest BCUT2D eigenvalue weighted by Crippen LogP contribution is 1.93. The van der Waals surface area contributed by atoms with Crippen LogP contribution in [0, 0.1) is 5.82 Å². The Morgan fingerprint density at radius 2 is 2.45 bits per heavy atom. The highest BCUT2D eigenvalue weighted by molar-refractivity contribution is 5.23. The summed E-state index contributed by atoms with van der Waals surface area (Å²) in [5, 5.41) is 5.64. The first-order chi connectivity index (χ1) is 5.27. The Morgan fingerprint density at radius 3 is 3.27 bits per heavy atom. The third-order valence-electron chi connectivity index (χ3n) is 1.24. The summed E-state index contributed by atoms with van der Waals surface area (Å²) in [6.45, 7) is 0. The minimum atomic E-state index is -0.569. The summed E-state index contributed by atoms with van der Waals surface area (Å²) in [6, 6.07) is 0. The van der Waals surface area contributed by atoms with Crippen molar-refractivity contribution in [1.82, 2.24) is 19.6 Å². The predicted octanol–water partition coefficient (Wildman–Crippen LogP) is -0.443. The molecule has 2 heterocycles. The van der Waals surface area contributed by atoms with Gasteiger partial charge in [-0.2, -0.15) is 0 Å². The molecule has 0 aliphatic rings. The molecule has 2 aromatic rings. The van der Waals surface area contributed by atoms with Crippen LogP contribution in [-0.2, 0) is 0 Å². The van der Waals surface area contributed by atoms with Crippen molar-refractivity contribution in [3.05, 3.63) is 28.7 Å². The summed E-state index contributed by atoms with van der Waals surface area (Å²) < 4.78 is 13.4. The van der Waals surface area contributed by atoms with E-state index < -0.39 is 11.5 Å². The molecule has 0 unspecified atom stereocenters. The summed E-state index contributed by atoms with van der Waals surface area (Å²) in [4.78, 5) is 14.3. The van der Waals surface area contributed by atoms with Crippen LogP contribution >= 0.6 is 0 Å². The second-order valence-corrected chi connectivity index (χ2v) is 1.97. The zero-order valence-electron chi connectivity index (χ0n) is 5.28. The van der Waals surface area contributed by atoms with Gasteiger partial charge in [0.25, 0.3) is 5.78 Å². The molecule has 2 rings (SSSR count). The highest BCUT2D eigenvalue weighted by atomic mass is 19.1. The van der Waals surface area contributed by atoms with E-state index in [2.05, 4.69) is 15.2 Å². The van der Waals surface area contributed by atoms with Gasteiger partial charge < -0.3 is 0 Å². The first kappa shape index (κ1) is 6.02. The average molecular weight is 154 g/mol. The lowest BCUT2D eigenvalue weighted by atomic mass is 10.6. The van der Waals surface area contributed by atoms with Crippen LogP contribution in [0.25, 0.3) is 5.78 Å². The maximum absolute atomic E-state index is 12.4. The van der Waals surface area contributed by atoms with Crippen molar-refractivity contribution in [2.45, 2.75) is 0 Å². The SMILES string of the molecule is O=c1[nH]nc2ncc(F)cn12. The van der Waals surface area contributed by atoms with Crippen molar-refractivity contribution >= 4 is 5.78 Å². The number of nitrogens with one attached hydrogen (secondary N) is 1. The van der Waals surface area contributed by atoms with Crippen molar-refractivity contribution in [1.29, 1.82) is 0 Å². The van der Waals surface area contributed by atoms with E-state index in [0.717, 1.165) is 16.8 Å². The van der Waals surface area contributed by atoms with Crippen LogP contribution in [0.2, 0.25) is 0 Å². The van der Waals surface area contributed by atoms with Crippen LogP contribution in [0.1, 0.15) is 0 Å². The summed E-state index contributed by atoms with van der Waals surface area (Å²) in [5.74, 6) is -0.405. The normalized spacial score (nSPS) is 10.6. The minimum Gasteiger partial charge on any atom is -0.246 e. The smallest absolute Gasteiger partial charge is 0.246 e. The van der Waals surface area contributed by atoms with Crippen molar-refractivity contribution < 1.29 is 4.39 Å². The number of aromatic amines is 1. The van der Waals surface area contributed by atoms with Crippen LogP contribution in [0.4, 0.5) is 4.39 Å². The minimum absolute atomic E-state index is 0.163. The van der Waals surface area contributed by atoms with Crippen molar-refractivity contribution in [3.63, 3.8) is 0 Å². The van der Waals surface area contributed by atoms with Crippen LogP contribution in [-0.4, -0.2) is 19.6 Å². The Balaban J connectivity index is 2.99. The number of hydrogen-bond acceptors (Lipinski definition) is 3. The van der Waals surface area contributed by atoms with Gasteiger partial charge in [-0.05, 0) is 0 Å². The Hall–Kier alpha value is -1.72. The van der Waals surface area contributed by atoms with Crippen LogP contribution < -0.4 is 5.69 Å². The molecule has 6 heteroatoms. The molecule has 56 valence electrons.